The molecule has 0 aromatic heterocycles. The van der Waals surface area contributed by atoms with Crippen molar-refractivity contribution in [2.75, 3.05) is 12.0 Å². The zero-order valence-electron chi connectivity index (χ0n) is 19.4. The minimum Gasteiger partial charge on any atom is -0.493 e. The topological polar surface area (TPSA) is 84.9 Å². The van der Waals surface area contributed by atoms with Crippen LogP contribution in [0.4, 0.5) is 10.5 Å². The summed E-state index contributed by atoms with van der Waals surface area (Å²) in [6.45, 7) is 4.45. The molecule has 178 valence electrons. The van der Waals surface area contributed by atoms with Gasteiger partial charge in [-0.25, -0.2) is 9.69 Å². The van der Waals surface area contributed by atoms with Crippen molar-refractivity contribution in [3.05, 3.63) is 93.5 Å². The maximum absolute atomic E-state index is 13.1. The van der Waals surface area contributed by atoms with E-state index in [1.54, 1.807) is 36.4 Å². The molecule has 3 aromatic carbocycles. The number of barbiturate groups is 1. The minimum atomic E-state index is -0.863. The molecular formula is C27H23ClN2O5. The number of aryl methyl sites for hydroxylation is 2. The highest BCUT2D eigenvalue weighted by Crippen LogP contribution is 2.32. The Kier molecular flexibility index (Phi) is 6.89. The fourth-order valence-electron chi connectivity index (χ4n) is 3.62. The Morgan fingerprint density at radius 3 is 2.43 bits per heavy atom. The lowest BCUT2D eigenvalue weighted by atomic mass is 10.1. The first-order chi connectivity index (χ1) is 16.8. The number of imide groups is 2. The molecule has 1 aliphatic rings. The molecule has 0 unspecified atom stereocenters. The van der Waals surface area contributed by atoms with Crippen LogP contribution in [0.15, 0.2) is 66.2 Å². The molecule has 1 heterocycles. The number of hydrogen-bond acceptors (Lipinski definition) is 5. The van der Waals surface area contributed by atoms with Crippen molar-refractivity contribution < 1.29 is 23.9 Å². The van der Waals surface area contributed by atoms with E-state index in [-0.39, 0.29) is 16.3 Å². The molecule has 35 heavy (non-hydrogen) atoms. The van der Waals surface area contributed by atoms with Gasteiger partial charge in [0.25, 0.3) is 11.8 Å². The quantitative estimate of drug-likeness (QED) is 0.378. The number of carbonyl (C=O) groups excluding carboxylic acids is 3. The predicted octanol–water partition coefficient (Wildman–Crippen LogP) is 5.21. The van der Waals surface area contributed by atoms with Gasteiger partial charge in [0.05, 0.1) is 17.8 Å². The molecule has 8 heteroatoms. The van der Waals surface area contributed by atoms with Crippen molar-refractivity contribution >= 4 is 41.2 Å². The van der Waals surface area contributed by atoms with Crippen molar-refractivity contribution in [1.29, 1.82) is 0 Å². The van der Waals surface area contributed by atoms with E-state index in [0.717, 1.165) is 10.5 Å². The molecule has 0 radical (unpaired) electrons. The monoisotopic (exact) mass is 490 g/mol. The number of carbonyl (C=O) groups is 3. The number of anilines is 1. The van der Waals surface area contributed by atoms with Crippen molar-refractivity contribution in [3.63, 3.8) is 0 Å². The number of amides is 4. The number of nitrogens with zero attached hydrogens (tertiary/aromatic N) is 1. The highest BCUT2D eigenvalue weighted by atomic mass is 35.5. The second kappa shape index (κ2) is 10.0. The zero-order valence-corrected chi connectivity index (χ0v) is 20.2. The highest BCUT2D eigenvalue weighted by molar-refractivity contribution is 6.42. The number of rotatable bonds is 6. The fraction of sp³-hybridized carbons (Fsp3) is 0.148. The maximum atomic E-state index is 13.1. The average molecular weight is 491 g/mol. The van der Waals surface area contributed by atoms with Gasteiger partial charge in [-0.05, 0) is 66.4 Å². The van der Waals surface area contributed by atoms with Gasteiger partial charge in [-0.3, -0.25) is 14.9 Å². The first-order valence-electron chi connectivity index (χ1n) is 10.8. The number of nitrogens with one attached hydrogen (secondary N) is 1. The average Bonchev–Trinajstić information content (AvgIpc) is 2.84. The summed E-state index contributed by atoms with van der Waals surface area (Å²) in [6, 6.07) is 16.7. The molecule has 4 rings (SSSR count). The fourth-order valence-corrected chi connectivity index (χ4v) is 3.84. The van der Waals surface area contributed by atoms with Gasteiger partial charge >= 0.3 is 6.03 Å². The molecular weight excluding hydrogens is 468 g/mol. The van der Waals surface area contributed by atoms with Crippen LogP contribution in [0.2, 0.25) is 5.02 Å². The second-order valence-electron chi connectivity index (χ2n) is 8.03. The predicted molar refractivity (Wildman–Crippen MR) is 134 cm³/mol. The number of methoxy groups -OCH3 is 1. The van der Waals surface area contributed by atoms with Crippen LogP contribution >= 0.6 is 11.6 Å². The van der Waals surface area contributed by atoms with Crippen molar-refractivity contribution in [2.45, 2.75) is 20.5 Å². The Morgan fingerprint density at radius 2 is 1.71 bits per heavy atom. The largest absolute Gasteiger partial charge is 0.493 e. The summed E-state index contributed by atoms with van der Waals surface area (Å²) in [4.78, 5) is 38.8. The summed E-state index contributed by atoms with van der Waals surface area (Å²) in [5, 5.41) is 2.39. The van der Waals surface area contributed by atoms with Crippen LogP contribution in [0.5, 0.6) is 11.5 Å². The van der Waals surface area contributed by atoms with Gasteiger partial charge in [-0.15, -0.1) is 0 Å². The number of para-hydroxylation sites is 1. The van der Waals surface area contributed by atoms with Crippen molar-refractivity contribution in [2.24, 2.45) is 0 Å². The third-order valence-electron chi connectivity index (χ3n) is 5.66. The first-order valence-corrected chi connectivity index (χ1v) is 11.2. The summed E-state index contributed by atoms with van der Waals surface area (Å²) in [5.74, 6) is -0.621. The van der Waals surface area contributed by atoms with Crippen molar-refractivity contribution in [1.82, 2.24) is 5.32 Å². The van der Waals surface area contributed by atoms with Gasteiger partial charge < -0.3 is 9.47 Å². The number of halogens is 1. The lowest BCUT2D eigenvalue weighted by Crippen LogP contribution is -2.54. The van der Waals surface area contributed by atoms with Gasteiger partial charge in [0.1, 0.15) is 12.2 Å². The first kappa shape index (κ1) is 24.0. The zero-order chi connectivity index (χ0) is 25.1. The van der Waals surface area contributed by atoms with E-state index in [2.05, 4.69) is 18.3 Å². The third-order valence-corrected chi connectivity index (χ3v) is 5.98. The molecule has 4 amide bonds. The molecule has 0 atom stereocenters. The molecule has 1 fully saturated rings. The van der Waals surface area contributed by atoms with Gasteiger partial charge in [-0.1, -0.05) is 48.0 Å². The highest BCUT2D eigenvalue weighted by Gasteiger charge is 2.37. The molecule has 3 aromatic rings. The van der Waals surface area contributed by atoms with Crippen LogP contribution in [0.3, 0.4) is 0 Å². The Labute approximate surface area is 207 Å². The molecule has 0 saturated carbocycles. The SMILES string of the molecule is COc1cc(/C=C2\C(=O)NC(=O)N(c3ccccc3Cl)C2=O)ccc1OCc1ccc(C)c(C)c1. The number of hydrogen-bond donors (Lipinski definition) is 1. The van der Waals surface area contributed by atoms with Crippen LogP contribution in [-0.2, 0) is 16.2 Å². The standard InChI is InChI=1S/C27H23ClN2O5/c1-16-8-9-19(12-17(16)2)15-35-23-11-10-18(14-24(23)34-3)13-20-25(31)29-27(33)30(26(20)32)22-7-5-4-6-21(22)28/h4-14H,15H2,1-3H3,(H,29,31,33)/b20-13+. The summed E-state index contributed by atoms with van der Waals surface area (Å²) in [6.07, 6.45) is 1.39. The Balaban J connectivity index is 1.59. The molecule has 0 bridgehead atoms. The van der Waals surface area contributed by atoms with Crippen LogP contribution in [-0.4, -0.2) is 25.0 Å². The van der Waals surface area contributed by atoms with E-state index in [9.17, 15) is 14.4 Å². The summed E-state index contributed by atoms with van der Waals surface area (Å²) in [5.41, 5.74) is 3.90. The van der Waals surface area contributed by atoms with Crippen LogP contribution in [0.25, 0.3) is 6.08 Å². The third kappa shape index (κ3) is 5.05. The van der Waals surface area contributed by atoms with Crippen LogP contribution < -0.4 is 19.7 Å². The Bertz CT molecular complexity index is 1370. The maximum Gasteiger partial charge on any atom is 0.335 e. The van der Waals surface area contributed by atoms with E-state index in [4.69, 9.17) is 21.1 Å². The van der Waals surface area contributed by atoms with E-state index in [1.165, 1.54) is 30.4 Å². The number of ether oxygens (including phenoxy) is 2. The lowest BCUT2D eigenvalue weighted by Gasteiger charge is -2.27. The van der Waals surface area contributed by atoms with Crippen molar-refractivity contribution in [3.8, 4) is 11.5 Å². The van der Waals surface area contributed by atoms with E-state index in [1.807, 2.05) is 19.1 Å². The summed E-state index contributed by atoms with van der Waals surface area (Å²) in [7, 11) is 1.51. The molecule has 1 N–H and O–H groups in total. The molecule has 7 nitrogen and oxygen atoms in total. The smallest absolute Gasteiger partial charge is 0.335 e. The summed E-state index contributed by atoms with van der Waals surface area (Å²) >= 11 is 6.17. The Morgan fingerprint density at radius 1 is 0.943 bits per heavy atom. The molecule has 1 saturated heterocycles. The lowest BCUT2D eigenvalue weighted by molar-refractivity contribution is -0.122. The molecule has 0 aliphatic carbocycles. The number of benzene rings is 3. The number of urea groups is 1. The van der Waals surface area contributed by atoms with E-state index >= 15 is 0 Å². The second-order valence-corrected chi connectivity index (χ2v) is 8.43. The van der Waals surface area contributed by atoms with Crippen LogP contribution in [0, 0.1) is 13.8 Å². The molecule has 1 aliphatic heterocycles. The van der Waals surface area contributed by atoms with Crippen LogP contribution in [0.1, 0.15) is 22.3 Å². The normalized spacial score (nSPS) is 14.8. The van der Waals surface area contributed by atoms with Gasteiger partial charge in [0, 0.05) is 0 Å². The van der Waals surface area contributed by atoms with Gasteiger partial charge in [-0.2, -0.15) is 0 Å². The van der Waals surface area contributed by atoms with Gasteiger partial charge in [0.15, 0.2) is 11.5 Å². The molecule has 0 spiro atoms. The minimum absolute atomic E-state index is 0.183. The van der Waals surface area contributed by atoms with Gasteiger partial charge in [0.2, 0.25) is 0 Å². The Hall–Kier alpha value is -4.10. The van der Waals surface area contributed by atoms with E-state index < -0.39 is 17.8 Å². The van der Waals surface area contributed by atoms with E-state index in [0.29, 0.717) is 23.7 Å². The summed E-state index contributed by atoms with van der Waals surface area (Å²) < 4.78 is 11.4.